The minimum atomic E-state index is -0.844. The van der Waals surface area contributed by atoms with Crippen LogP contribution in [0.15, 0.2) is 0 Å². The number of carbonyl (C=O) groups excluding carboxylic acids is 3. The topological polar surface area (TPSA) is 102 Å². The number of urea groups is 1. The van der Waals surface area contributed by atoms with Gasteiger partial charge < -0.3 is 10.6 Å². The predicted octanol–water partition coefficient (Wildman–Crippen LogP) is 2.94. The van der Waals surface area contributed by atoms with Crippen LogP contribution < -0.4 is 10.6 Å². The molecule has 2 fully saturated rings. The lowest BCUT2D eigenvalue weighted by atomic mass is 9.77. The Balaban J connectivity index is 1.46. The highest BCUT2D eigenvalue weighted by atomic mass is 32.1. The van der Waals surface area contributed by atoms with Crippen LogP contribution in [0.2, 0.25) is 0 Å². The van der Waals surface area contributed by atoms with Crippen molar-refractivity contribution < 1.29 is 14.4 Å². The fraction of sp³-hybridized carbons (Fsp3) is 0.600. The van der Waals surface area contributed by atoms with Crippen LogP contribution in [0.3, 0.4) is 0 Å². The Morgan fingerprint density at radius 1 is 1.32 bits per heavy atom. The van der Waals surface area contributed by atoms with E-state index in [0.29, 0.717) is 29.3 Å². The molecule has 0 atom stereocenters. The zero-order chi connectivity index (χ0) is 19.9. The number of hydrogen-bond donors (Lipinski definition) is 2. The normalized spacial score (nSPS) is 26.7. The standard InChI is InChI=1S/C20H24N4O3S/c1-12-6-8-20(9-7-12)18(26)24(19(27)23-20)11-16(25)22-17-14(10-21)13-4-2-3-5-15(13)28-17/h12H,2-9,11H2,1H3,(H,22,25)(H,23,27). The molecule has 4 rings (SSSR count). The van der Waals surface area contributed by atoms with E-state index in [1.165, 1.54) is 11.3 Å². The number of aryl methyl sites for hydroxylation is 1. The summed E-state index contributed by atoms with van der Waals surface area (Å²) in [7, 11) is 0. The van der Waals surface area contributed by atoms with Crippen molar-refractivity contribution in [3.05, 3.63) is 16.0 Å². The van der Waals surface area contributed by atoms with Gasteiger partial charge in [-0.1, -0.05) is 6.92 Å². The van der Waals surface area contributed by atoms with Gasteiger partial charge in [-0.15, -0.1) is 11.3 Å². The van der Waals surface area contributed by atoms with Crippen molar-refractivity contribution in [3.8, 4) is 6.07 Å². The van der Waals surface area contributed by atoms with Crippen molar-refractivity contribution in [1.29, 1.82) is 5.26 Å². The van der Waals surface area contributed by atoms with Crippen molar-refractivity contribution in [2.75, 3.05) is 11.9 Å². The largest absolute Gasteiger partial charge is 0.325 e. The third-order valence-corrected chi connectivity index (χ3v) is 7.42. The van der Waals surface area contributed by atoms with Crippen molar-refractivity contribution in [1.82, 2.24) is 10.2 Å². The monoisotopic (exact) mass is 400 g/mol. The smallest absolute Gasteiger partial charge is 0.323 e. The summed E-state index contributed by atoms with van der Waals surface area (Å²) in [5, 5.41) is 15.6. The molecule has 0 unspecified atom stereocenters. The number of thiophene rings is 1. The molecule has 0 bridgehead atoms. The van der Waals surface area contributed by atoms with Gasteiger partial charge in [0.25, 0.3) is 5.91 Å². The minimum absolute atomic E-state index is 0.300. The van der Waals surface area contributed by atoms with Crippen LogP contribution >= 0.6 is 11.3 Å². The second-order valence-electron chi connectivity index (χ2n) is 8.16. The molecule has 2 heterocycles. The first-order chi connectivity index (χ1) is 13.4. The molecule has 1 spiro atoms. The lowest BCUT2D eigenvalue weighted by Crippen LogP contribution is -2.49. The van der Waals surface area contributed by atoms with E-state index in [9.17, 15) is 19.6 Å². The second-order valence-corrected chi connectivity index (χ2v) is 9.27. The molecule has 4 amide bonds. The maximum absolute atomic E-state index is 12.9. The highest BCUT2D eigenvalue weighted by Crippen LogP contribution is 2.38. The summed E-state index contributed by atoms with van der Waals surface area (Å²) in [6.07, 6.45) is 6.94. The molecule has 1 aromatic rings. The van der Waals surface area contributed by atoms with E-state index in [1.54, 1.807) is 0 Å². The molecule has 1 aromatic heterocycles. The van der Waals surface area contributed by atoms with E-state index in [-0.39, 0.29) is 12.5 Å². The first-order valence-corrected chi connectivity index (χ1v) is 10.7. The van der Waals surface area contributed by atoms with E-state index < -0.39 is 17.5 Å². The molecule has 1 saturated heterocycles. The number of imide groups is 1. The molecule has 148 valence electrons. The van der Waals surface area contributed by atoms with Crippen LogP contribution in [0.4, 0.5) is 9.80 Å². The van der Waals surface area contributed by atoms with Crippen LogP contribution in [0.25, 0.3) is 0 Å². The van der Waals surface area contributed by atoms with Crippen molar-refractivity contribution in [2.24, 2.45) is 5.92 Å². The molecular formula is C20H24N4O3S. The minimum Gasteiger partial charge on any atom is -0.323 e. The predicted molar refractivity (Wildman–Crippen MR) is 105 cm³/mol. The molecule has 1 saturated carbocycles. The van der Waals surface area contributed by atoms with Gasteiger partial charge in [0.1, 0.15) is 23.2 Å². The Hall–Kier alpha value is -2.40. The highest BCUT2D eigenvalue weighted by Gasteiger charge is 2.52. The molecule has 8 heteroatoms. The van der Waals surface area contributed by atoms with Crippen LogP contribution in [0.5, 0.6) is 0 Å². The Kier molecular flexibility index (Phi) is 4.88. The summed E-state index contributed by atoms with van der Waals surface area (Å²) in [6, 6.07) is 1.71. The van der Waals surface area contributed by atoms with Gasteiger partial charge in [0, 0.05) is 4.88 Å². The molecular weight excluding hydrogens is 376 g/mol. The van der Waals surface area contributed by atoms with Gasteiger partial charge in [-0.2, -0.15) is 5.26 Å². The van der Waals surface area contributed by atoms with Crippen LogP contribution in [0.1, 0.15) is 61.5 Å². The number of carbonyl (C=O) groups is 3. The molecule has 0 aromatic carbocycles. The summed E-state index contributed by atoms with van der Waals surface area (Å²) in [6.45, 7) is 1.82. The Labute approximate surface area is 168 Å². The number of amides is 4. The van der Waals surface area contributed by atoms with Crippen molar-refractivity contribution >= 4 is 34.2 Å². The molecule has 3 aliphatic rings. The summed E-state index contributed by atoms with van der Waals surface area (Å²) in [5.74, 6) is -0.202. The van der Waals surface area contributed by atoms with Crippen molar-refractivity contribution in [3.63, 3.8) is 0 Å². The third-order valence-electron chi connectivity index (χ3n) is 6.21. The highest BCUT2D eigenvalue weighted by molar-refractivity contribution is 7.16. The zero-order valence-corrected chi connectivity index (χ0v) is 16.8. The zero-order valence-electron chi connectivity index (χ0n) is 16.0. The van der Waals surface area contributed by atoms with Crippen LogP contribution in [0, 0.1) is 17.2 Å². The number of nitriles is 1. The Morgan fingerprint density at radius 2 is 2.04 bits per heavy atom. The summed E-state index contributed by atoms with van der Waals surface area (Å²) >= 11 is 1.44. The molecule has 0 radical (unpaired) electrons. The van der Waals surface area contributed by atoms with Crippen molar-refractivity contribution in [2.45, 2.75) is 63.8 Å². The SMILES string of the molecule is CC1CCC2(CC1)NC(=O)N(CC(=O)Nc1sc3c(c1C#N)CCCC3)C2=O. The van der Waals surface area contributed by atoms with E-state index in [0.717, 1.165) is 53.9 Å². The molecule has 1 aliphatic heterocycles. The van der Waals surface area contributed by atoms with Gasteiger partial charge in [-0.05, 0) is 62.8 Å². The maximum atomic E-state index is 12.9. The van der Waals surface area contributed by atoms with Gasteiger partial charge in [-0.3, -0.25) is 14.5 Å². The van der Waals surface area contributed by atoms with E-state index >= 15 is 0 Å². The lowest BCUT2D eigenvalue weighted by Gasteiger charge is -2.33. The molecule has 7 nitrogen and oxygen atoms in total. The number of hydrogen-bond acceptors (Lipinski definition) is 5. The summed E-state index contributed by atoms with van der Waals surface area (Å²) < 4.78 is 0. The number of rotatable bonds is 3. The quantitative estimate of drug-likeness (QED) is 0.762. The van der Waals surface area contributed by atoms with Crippen LogP contribution in [-0.4, -0.2) is 34.8 Å². The first kappa shape index (κ1) is 18.9. The maximum Gasteiger partial charge on any atom is 0.325 e. The second kappa shape index (κ2) is 7.21. The molecule has 28 heavy (non-hydrogen) atoms. The van der Waals surface area contributed by atoms with Gasteiger partial charge in [-0.25, -0.2) is 4.79 Å². The average molecular weight is 401 g/mol. The fourth-order valence-electron chi connectivity index (χ4n) is 4.50. The van der Waals surface area contributed by atoms with Crippen LogP contribution in [-0.2, 0) is 22.4 Å². The number of fused-ring (bicyclic) bond motifs is 1. The fourth-order valence-corrected chi connectivity index (χ4v) is 5.75. The number of anilines is 1. The average Bonchev–Trinajstić information content (AvgIpc) is 3.14. The molecule has 2 aliphatic carbocycles. The van der Waals surface area contributed by atoms with E-state index in [4.69, 9.17) is 0 Å². The van der Waals surface area contributed by atoms with Gasteiger partial charge in [0.2, 0.25) is 5.91 Å². The van der Waals surface area contributed by atoms with E-state index in [2.05, 4.69) is 23.6 Å². The summed E-state index contributed by atoms with van der Waals surface area (Å²) in [5.41, 5.74) is 0.728. The first-order valence-electron chi connectivity index (χ1n) is 9.92. The van der Waals surface area contributed by atoms with E-state index in [1.807, 2.05) is 0 Å². The lowest BCUT2D eigenvalue weighted by molar-refractivity contribution is -0.135. The van der Waals surface area contributed by atoms with Gasteiger partial charge >= 0.3 is 6.03 Å². The Bertz CT molecular complexity index is 877. The van der Waals surface area contributed by atoms with Gasteiger partial charge in [0.05, 0.1) is 5.56 Å². The Morgan fingerprint density at radius 3 is 2.75 bits per heavy atom. The summed E-state index contributed by atoms with van der Waals surface area (Å²) in [4.78, 5) is 40.0. The van der Waals surface area contributed by atoms with Gasteiger partial charge in [0.15, 0.2) is 0 Å². The number of nitrogens with one attached hydrogen (secondary N) is 2. The molecule has 2 N–H and O–H groups in total. The third kappa shape index (κ3) is 3.18. The number of nitrogens with zero attached hydrogens (tertiary/aromatic N) is 2.